The highest BCUT2D eigenvalue weighted by Gasteiger charge is 2.16. The SMILES string of the molecule is CC/C=C\C/C=C\C/C=C\C/C=C\C/C=C\C/C=C\C/C=C\C/C=C\C/C=C\C/C=C\CCCCCCCCCCCCC(=O)OC(CO)COC(=O)CCCCCCCCC/C=C\CCCCCCCCC. The van der Waals surface area contributed by atoms with Gasteiger partial charge in [0.1, 0.15) is 6.61 Å². The molecule has 0 rings (SSSR count). The van der Waals surface area contributed by atoms with Crippen LogP contribution in [0.5, 0.6) is 0 Å². The molecule has 0 saturated heterocycles. The predicted molar refractivity (Wildman–Crippen MR) is 320 cm³/mol. The van der Waals surface area contributed by atoms with E-state index in [9.17, 15) is 14.7 Å². The van der Waals surface area contributed by atoms with Gasteiger partial charge in [-0.05, 0) is 116 Å². The summed E-state index contributed by atoms with van der Waals surface area (Å²) >= 11 is 0. The minimum atomic E-state index is -0.784. The Morgan fingerprint density at radius 1 is 0.329 bits per heavy atom. The summed E-state index contributed by atoms with van der Waals surface area (Å²) in [6.45, 7) is 4.02. The minimum absolute atomic E-state index is 0.0747. The zero-order chi connectivity index (χ0) is 52.7. The molecular weight excluding hydrogens is 897 g/mol. The van der Waals surface area contributed by atoms with Crippen LogP contribution in [0.3, 0.4) is 0 Å². The van der Waals surface area contributed by atoms with E-state index >= 15 is 0 Å². The number of aliphatic hydroxyl groups is 1. The summed E-state index contributed by atoms with van der Waals surface area (Å²) in [7, 11) is 0. The van der Waals surface area contributed by atoms with Gasteiger partial charge in [-0.25, -0.2) is 0 Å². The van der Waals surface area contributed by atoms with Crippen molar-refractivity contribution in [2.75, 3.05) is 13.2 Å². The highest BCUT2D eigenvalue weighted by atomic mass is 16.6. The van der Waals surface area contributed by atoms with Crippen molar-refractivity contribution in [3.05, 3.63) is 134 Å². The van der Waals surface area contributed by atoms with Gasteiger partial charge in [0.15, 0.2) is 6.10 Å². The van der Waals surface area contributed by atoms with Crippen molar-refractivity contribution in [1.82, 2.24) is 0 Å². The normalized spacial score (nSPS) is 13.2. The topological polar surface area (TPSA) is 72.8 Å². The van der Waals surface area contributed by atoms with E-state index in [0.29, 0.717) is 12.8 Å². The highest BCUT2D eigenvalue weighted by molar-refractivity contribution is 5.70. The van der Waals surface area contributed by atoms with E-state index in [1.54, 1.807) is 0 Å². The molecule has 1 atom stereocenters. The van der Waals surface area contributed by atoms with Crippen LogP contribution < -0.4 is 0 Å². The Kier molecular flexibility index (Phi) is 59.0. The number of hydrogen-bond acceptors (Lipinski definition) is 5. The molecule has 0 fully saturated rings. The monoisotopic (exact) mass is 1010 g/mol. The van der Waals surface area contributed by atoms with Crippen LogP contribution in [0.2, 0.25) is 0 Å². The summed E-state index contributed by atoms with van der Waals surface area (Å²) in [6, 6.07) is 0. The number of hydrogen-bond donors (Lipinski definition) is 1. The van der Waals surface area contributed by atoms with Crippen molar-refractivity contribution in [3.63, 3.8) is 0 Å². The molecule has 73 heavy (non-hydrogen) atoms. The number of ether oxygens (including phenoxy) is 2. The third-order valence-electron chi connectivity index (χ3n) is 12.7. The molecule has 0 aliphatic carbocycles. The van der Waals surface area contributed by atoms with Crippen molar-refractivity contribution in [1.29, 1.82) is 0 Å². The molecule has 0 heterocycles. The quantitative estimate of drug-likeness (QED) is 0.0373. The van der Waals surface area contributed by atoms with E-state index in [1.165, 1.54) is 135 Å². The van der Waals surface area contributed by atoms with Gasteiger partial charge in [0.2, 0.25) is 0 Å². The molecule has 5 nitrogen and oxygen atoms in total. The second-order valence-corrected chi connectivity index (χ2v) is 19.7. The predicted octanol–water partition coefficient (Wildman–Crippen LogP) is 20.8. The maximum absolute atomic E-state index is 12.3. The van der Waals surface area contributed by atoms with E-state index in [2.05, 4.69) is 148 Å². The van der Waals surface area contributed by atoms with Crippen LogP contribution in [-0.4, -0.2) is 36.4 Å². The van der Waals surface area contributed by atoms with Crippen molar-refractivity contribution < 1.29 is 24.2 Å². The molecule has 1 unspecified atom stereocenters. The number of carbonyl (C=O) groups is 2. The van der Waals surface area contributed by atoms with Gasteiger partial charge < -0.3 is 14.6 Å². The van der Waals surface area contributed by atoms with E-state index in [4.69, 9.17) is 9.47 Å². The molecule has 0 bridgehead atoms. The van der Waals surface area contributed by atoms with E-state index in [-0.39, 0.29) is 25.2 Å². The van der Waals surface area contributed by atoms with E-state index < -0.39 is 6.10 Å². The average Bonchev–Trinajstić information content (AvgIpc) is 3.39. The molecule has 0 saturated carbocycles. The number of unbranched alkanes of at least 4 members (excludes halogenated alkanes) is 24. The number of rotatable bonds is 54. The van der Waals surface area contributed by atoms with Crippen LogP contribution in [-0.2, 0) is 19.1 Å². The fraction of sp³-hybridized carbons (Fsp3) is 0.647. The first-order valence-corrected chi connectivity index (χ1v) is 30.2. The van der Waals surface area contributed by atoms with Gasteiger partial charge >= 0.3 is 11.9 Å². The molecule has 0 spiro atoms. The van der Waals surface area contributed by atoms with Crippen LogP contribution in [0.25, 0.3) is 0 Å². The Hall–Kier alpha value is -3.96. The third-order valence-corrected chi connectivity index (χ3v) is 12.7. The summed E-state index contributed by atoms with van der Waals surface area (Å²) < 4.78 is 10.7. The Balaban J connectivity index is 3.58. The first-order chi connectivity index (χ1) is 36.1. The van der Waals surface area contributed by atoms with Gasteiger partial charge in [0.25, 0.3) is 0 Å². The summed E-state index contributed by atoms with van der Waals surface area (Å²) in [4.78, 5) is 24.5. The zero-order valence-electron chi connectivity index (χ0n) is 47.4. The van der Waals surface area contributed by atoms with Gasteiger partial charge in [0.05, 0.1) is 6.61 Å². The lowest BCUT2D eigenvalue weighted by molar-refractivity contribution is -0.161. The molecule has 0 aliphatic rings. The summed E-state index contributed by atoms with van der Waals surface area (Å²) in [6.07, 6.45) is 92.9. The molecule has 0 aromatic carbocycles. The number of aliphatic hydroxyl groups excluding tert-OH is 1. The van der Waals surface area contributed by atoms with Crippen LogP contribution in [0, 0.1) is 0 Å². The maximum Gasteiger partial charge on any atom is 0.306 e. The lowest BCUT2D eigenvalue weighted by atomic mass is 10.0. The van der Waals surface area contributed by atoms with Gasteiger partial charge in [-0.3, -0.25) is 9.59 Å². The number of esters is 2. The van der Waals surface area contributed by atoms with E-state index in [0.717, 1.165) is 103 Å². The highest BCUT2D eigenvalue weighted by Crippen LogP contribution is 2.15. The fourth-order valence-electron chi connectivity index (χ4n) is 8.17. The first-order valence-electron chi connectivity index (χ1n) is 30.2. The summed E-state index contributed by atoms with van der Waals surface area (Å²) in [5, 5.41) is 9.65. The van der Waals surface area contributed by atoms with Gasteiger partial charge in [-0.1, -0.05) is 270 Å². The van der Waals surface area contributed by atoms with E-state index in [1.807, 2.05) is 0 Å². The van der Waals surface area contributed by atoms with Gasteiger partial charge in [-0.15, -0.1) is 0 Å². The fourth-order valence-corrected chi connectivity index (χ4v) is 8.17. The van der Waals surface area contributed by atoms with Crippen LogP contribution in [0.1, 0.15) is 264 Å². The van der Waals surface area contributed by atoms with Gasteiger partial charge in [-0.2, -0.15) is 0 Å². The molecule has 0 aliphatic heterocycles. The van der Waals surface area contributed by atoms with Crippen molar-refractivity contribution >= 4 is 11.9 Å². The molecule has 0 aromatic rings. The van der Waals surface area contributed by atoms with Gasteiger partial charge in [0, 0.05) is 12.8 Å². The Bertz CT molecular complexity index is 1520. The largest absolute Gasteiger partial charge is 0.462 e. The average molecular weight is 1010 g/mol. The molecule has 5 heteroatoms. The molecule has 0 aromatic heterocycles. The van der Waals surface area contributed by atoms with Crippen molar-refractivity contribution in [2.45, 2.75) is 270 Å². The summed E-state index contributed by atoms with van der Waals surface area (Å²) in [5.74, 6) is -0.602. The maximum atomic E-state index is 12.3. The standard InChI is InChI=1S/C68H112O5/c1-3-5-7-9-11-13-15-17-19-21-23-24-25-26-27-28-29-30-31-32-33-34-35-36-37-38-39-40-41-42-43-44-45-47-49-51-53-55-57-59-61-63-68(71)73-66(64-69)65-72-67(70)62-60-58-56-54-52-50-48-46-22-20-18-16-14-12-10-8-6-4-2/h5,7,11,13,17,19-20,22-24,26-27,29-30,32-33,35-36,38-39,41-42,66,69H,3-4,6,8-10,12,14-16,18,21,25,28,31,34,37,40,43-65H2,1-2H3/b7-5-,13-11-,19-17-,22-20-,24-23-,27-26-,30-29-,33-32-,36-35-,39-38-,42-41-. The molecule has 0 radical (unpaired) electrons. The third kappa shape index (κ3) is 60.5. The Morgan fingerprint density at radius 2 is 0.589 bits per heavy atom. The van der Waals surface area contributed by atoms with Crippen LogP contribution in [0.4, 0.5) is 0 Å². The van der Waals surface area contributed by atoms with Crippen molar-refractivity contribution in [2.24, 2.45) is 0 Å². The lowest BCUT2D eigenvalue weighted by Crippen LogP contribution is -2.28. The second kappa shape index (κ2) is 62.3. The Morgan fingerprint density at radius 3 is 0.904 bits per heavy atom. The number of allylic oxidation sites excluding steroid dienone is 22. The van der Waals surface area contributed by atoms with Crippen LogP contribution in [0.15, 0.2) is 134 Å². The molecule has 1 N–H and O–H groups in total. The molecule has 0 amide bonds. The lowest BCUT2D eigenvalue weighted by Gasteiger charge is -2.15. The van der Waals surface area contributed by atoms with Crippen molar-refractivity contribution in [3.8, 4) is 0 Å². The second-order valence-electron chi connectivity index (χ2n) is 19.7. The Labute approximate surface area is 451 Å². The van der Waals surface area contributed by atoms with Crippen LogP contribution >= 0.6 is 0 Å². The molecular formula is C68H112O5. The summed E-state index contributed by atoms with van der Waals surface area (Å²) in [5.41, 5.74) is 0. The smallest absolute Gasteiger partial charge is 0.306 e. The zero-order valence-corrected chi connectivity index (χ0v) is 47.4. The molecule has 414 valence electrons. The number of carbonyl (C=O) groups excluding carboxylic acids is 2. The minimum Gasteiger partial charge on any atom is -0.462 e. The first kappa shape index (κ1) is 69.0.